The first-order chi connectivity index (χ1) is 16.8. The van der Waals surface area contributed by atoms with Gasteiger partial charge in [0.05, 0.1) is 0 Å². The SMILES string of the molecule is CO[C@@]1(NC(=O)CCCC(N)C(=O)O)C(=O)N2C(C(=O)O)=C(CSC(=S)N(C)CCN(C)C)CS[C@H]21. The van der Waals surface area contributed by atoms with Gasteiger partial charge in [-0.1, -0.05) is 24.0 Å². The van der Waals surface area contributed by atoms with Crippen LogP contribution in [-0.4, -0.2) is 123 Å². The number of thiocarbonyl (C=S) groups is 1. The zero-order valence-corrected chi connectivity index (χ0v) is 23.1. The van der Waals surface area contributed by atoms with Crippen LogP contribution in [0.15, 0.2) is 11.3 Å². The van der Waals surface area contributed by atoms with Crippen molar-refractivity contribution in [2.75, 3.05) is 52.8 Å². The first kappa shape index (κ1) is 30.3. The lowest BCUT2D eigenvalue weighted by atomic mass is 9.98. The number of nitrogens with two attached hydrogens (primary N) is 1. The molecule has 0 aromatic rings. The van der Waals surface area contributed by atoms with Gasteiger partial charge >= 0.3 is 11.9 Å². The van der Waals surface area contributed by atoms with E-state index in [4.69, 9.17) is 27.8 Å². The van der Waals surface area contributed by atoms with Gasteiger partial charge in [0.1, 0.15) is 21.4 Å². The van der Waals surface area contributed by atoms with Crippen molar-refractivity contribution in [3.63, 3.8) is 0 Å². The summed E-state index contributed by atoms with van der Waals surface area (Å²) in [7, 11) is 7.07. The monoisotopic (exact) mass is 563 g/mol. The van der Waals surface area contributed by atoms with E-state index in [9.17, 15) is 24.3 Å². The van der Waals surface area contributed by atoms with E-state index in [1.54, 1.807) is 0 Å². The van der Waals surface area contributed by atoms with Crippen LogP contribution in [0.5, 0.6) is 0 Å². The molecule has 1 unspecified atom stereocenters. The van der Waals surface area contributed by atoms with Gasteiger partial charge in [-0.05, 0) is 32.5 Å². The molecular formula is C21H33N5O7S3. The van der Waals surface area contributed by atoms with Gasteiger partial charge in [-0.25, -0.2) is 4.79 Å². The zero-order chi connectivity index (χ0) is 27.2. The minimum Gasteiger partial charge on any atom is -0.480 e. The maximum absolute atomic E-state index is 13.1. The van der Waals surface area contributed by atoms with E-state index in [2.05, 4.69) is 5.32 Å². The normalized spacial score (nSPS) is 22.1. The molecular weight excluding hydrogens is 530 g/mol. The number of ether oxygens (including phenoxy) is 1. The number of carboxylic acid groups (broad SMARTS) is 2. The van der Waals surface area contributed by atoms with Gasteiger partial charge in [0.25, 0.3) is 11.6 Å². The third-order valence-electron chi connectivity index (χ3n) is 5.76. The van der Waals surface area contributed by atoms with Gasteiger partial charge in [-0.15, -0.1) is 11.8 Å². The second-order valence-electron chi connectivity index (χ2n) is 8.70. The van der Waals surface area contributed by atoms with Gasteiger partial charge in [0, 0.05) is 45.2 Å². The number of carbonyl (C=O) groups excluding carboxylic acids is 2. The predicted molar refractivity (Wildman–Crippen MR) is 141 cm³/mol. The van der Waals surface area contributed by atoms with Gasteiger partial charge < -0.3 is 35.8 Å². The third-order valence-corrected chi connectivity index (χ3v) is 8.85. The second kappa shape index (κ2) is 13.1. The van der Waals surface area contributed by atoms with Crippen molar-refractivity contribution in [1.82, 2.24) is 20.0 Å². The number of carbonyl (C=O) groups is 4. The lowest BCUT2D eigenvalue weighted by molar-refractivity contribution is -0.192. The Morgan fingerprint density at radius 2 is 2.00 bits per heavy atom. The molecule has 15 heteroatoms. The van der Waals surface area contributed by atoms with E-state index in [-0.39, 0.29) is 25.0 Å². The number of hydrogen-bond donors (Lipinski definition) is 4. The number of hydrogen-bond acceptors (Lipinski definition) is 10. The molecule has 0 bridgehead atoms. The van der Waals surface area contributed by atoms with Crippen molar-refractivity contribution >= 4 is 63.8 Å². The van der Waals surface area contributed by atoms with Crippen LogP contribution in [0.25, 0.3) is 0 Å². The Morgan fingerprint density at radius 1 is 1.33 bits per heavy atom. The standard InChI is InChI=1S/C21H33N5O7S3/c1-24(2)8-9-25(3)20(34)36-11-12-10-35-19-21(33-4,18(32)26(19)15(12)17(30)31)23-14(27)7-5-6-13(22)16(28)29/h13,19H,5-11,22H2,1-4H3,(H,23,27)(H,28,29)(H,30,31)/t13?,19-,21-/m0/s1. The molecule has 0 radical (unpaired) electrons. The Morgan fingerprint density at radius 3 is 2.56 bits per heavy atom. The average Bonchev–Trinajstić information content (AvgIpc) is 2.82. The molecule has 1 fully saturated rings. The molecule has 5 N–H and O–H groups in total. The van der Waals surface area contributed by atoms with Crippen molar-refractivity contribution in [3.05, 3.63) is 11.3 Å². The van der Waals surface area contributed by atoms with Crippen molar-refractivity contribution in [1.29, 1.82) is 0 Å². The highest BCUT2D eigenvalue weighted by Crippen LogP contribution is 2.47. The van der Waals surface area contributed by atoms with Crippen LogP contribution >= 0.6 is 35.7 Å². The highest BCUT2D eigenvalue weighted by atomic mass is 32.2. The number of carboxylic acids is 2. The summed E-state index contributed by atoms with van der Waals surface area (Å²) >= 11 is 8.10. The van der Waals surface area contributed by atoms with Crippen LogP contribution in [0.2, 0.25) is 0 Å². The molecule has 0 aromatic heterocycles. The maximum Gasteiger partial charge on any atom is 0.352 e. The number of thioether (sulfide) groups is 2. The molecule has 0 spiro atoms. The number of nitrogens with one attached hydrogen (secondary N) is 1. The second-order valence-corrected chi connectivity index (χ2v) is 11.4. The summed E-state index contributed by atoms with van der Waals surface area (Å²) in [4.78, 5) is 53.7. The third kappa shape index (κ3) is 6.89. The van der Waals surface area contributed by atoms with Crippen molar-refractivity contribution in [3.8, 4) is 0 Å². The highest BCUT2D eigenvalue weighted by Gasteiger charge is 2.66. The lowest BCUT2D eigenvalue weighted by Crippen LogP contribution is -2.80. The predicted octanol–water partition coefficient (Wildman–Crippen LogP) is -0.207. The van der Waals surface area contributed by atoms with Crippen molar-refractivity contribution < 1.29 is 34.1 Å². The fourth-order valence-corrected chi connectivity index (χ4v) is 6.31. The average molecular weight is 564 g/mol. The molecule has 1 saturated heterocycles. The maximum atomic E-state index is 13.1. The van der Waals surface area contributed by atoms with E-state index in [1.807, 2.05) is 30.9 Å². The van der Waals surface area contributed by atoms with E-state index in [0.717, 1.165) is 18.0 Å². The van der Waals surface area contributed by atoms with Gasteiger partial charge in [-0.3, -0.25) is 19.3 Å². The largest absolute Gasteiger partial charge is 0.480 e. The Bertz CT molecular complexity index is 932. The minimum absolute atomic E-state index is 0.0565. The topological polar surface area (TPSA) is 166 Å². The number of methoxy groups -OCH3 is 1. The molecule has 36 heavy (non-hydrogen) atoms. The van der Waals surface area contributed by atoms with E-state index >= 15 is 0 Å². The summed E-state index contributed by atoms with van der Waals surface area (Å²) in [6.07, 6.45) is 0.249. The summed E-state index contributed by atoms with van der Waals surface area (Å²) in [5.74, 6) is -2.96. The number of nitrogens with zero attached hydrogens (tertiary/aromatic N) is 3. The number of amides is 2. The number of aliphatic carboxylic acids is 2. The number of β-lactam (4-membered cyclic amide) rings is 1. The summed E-state index contributed by atoms with van der Waals surface area (Å²) in [5.41, 5.74) is 4.19. The summed E-state index contributed by atoms with van der Waals surface area (Å²) in [6.45, 7) is 1.54. The summed E-state index contributed by atoms with van der Waals surface area (Å²) < 4.78 is 6.04. The lowest BCUT2D eigenvalue weighted by Gasteiger charge is -2.55. The van der Waals surface area contributed by atoms with E-state index < -0.39 is 40.9 Å². The molecule has 12 nitrogen and oxygen atoms in total. The Balaban J connectivity index is 2.07. The van der Waals surface area contributed by atoms with Gasteiger partial charge in [0.15, 0.2) is 0 Å². The van der Waals surface area contributed by atoms with Crippen LogP contribution in [0.1, 0.15) is 19.3 Å². The molecule has 2 rings (SSSR count). The smallest absolute Gasteiger partial charge is 0.352 e. The van der Waals surface area contributed by atoms with Crippen LogP contribution < -0.4 is 11.1 Å². The first-order valence-corrected chi connectivity index (χ1v) is 13.6. The fourth-order valence-electron chi connectivity index (χ4n) is 3.63. The van der Waals surface area contributed by atoms with Crippen LogP contribution in [-0.2, 0) is 23.9 Å². The zero-order valence-electron chi connectivity index (χ0n) is 20.7. The van der Waals surface area contributed by atoms with Gasteiger partial charge in [0.2, 0.25) is 5.91 Å². The van der Waals surface area contributed by atoms with E-state index in [1.165, 1.54) is 30.6 Å². The van der Waals surface area contributed by atoms with Gasteiger partial charge in [-0.2, -0.15) is 0 Å². The molecule has 2 amide bonds. The highest BCUT2D eigenvalue weighted by molar-refractivity contribution is 8.23. The molecule has 2 heterocycles. The number of fused-ring (bicyclic) bond motifs is 1. The first-order valence-electron chi connectivity index (χ1n) is 11.1. The van der Waals surface area contributed by atoms with Crippen LogP contribution in [0.3, 0.4) is 0 Å². The molecule has 0 saturated carbocycles. The Kier molecular flexibility index (Phi) is 11.0. The number of rotatable bonds is 13. The van der Waals surface area contributed by atoms with Crippen molar-refractivity contribution in [2.24, 2.45) is 5.73 Å². The molecule has 202 valence electrons. The molecule has 0 aromatic carbocycles. The fraction of sp³-hybridized carbons (Fsp3) is 0.667. The van der Waals surface area contributed by atoms with E-state index in [0.29, 0.717) is 21.4 Å². The molecule has 2 aliphatic heterocycles. The quantitative estimate of drug-likeness (QED) is 0.132. The summed E-state index contributed by atoms with van der Waals surface area (Å²) in [5, 5.41) is 20.6. The number of likely N-dealkylation sites (N-methyl/N-ethyl adjacent to an activating group) is 2. The molecule has 2 aliphatic rings. The minimum atomic E-state index is -1.70. The van der Waals surface area contributed by atoms with Crippen LogP contribution in [0.4, 0.5) is 0 Å². The Labute approximate surface area is 223 Å². The van der Waals surface area contributed by atoms with Crippen LogP contribution in [0, 0.1) is 0 Å². The Hall–Kier alpha value is -1.91. The molecule has 0 aliphatic carbocycles. The van der Waals surface area contributed by atoms with Crippen molar-refractivity contribution in [2.45, 2.75) is 36.4 Å². The summed E-state index contributed by atoms with van der Waals surface area (Å²) in [6, 6.07) is -1.08. The molecule has 3 atom stereocenters.